The molecule has 3 aromatic carbocycles. The first-order chi connectivity index (χ1) is 14.6. The summed E-state index contributed by atoms with van der Waals surface area (Å²) in [5.74, 6) is 0.466. The monoisotopic (exact) mass is 429 g/mol. The van der Waals surface area contributed by atoms with Gasteiger partial charge in [-0.3, -0.25) is 4.31 Å². The van der Waals surface area contributed by atoms with E-state index in [0.29, 0.717) is 30.4 Å². The predicted molar refractivity (Wildman–Crippen MR) is 110 cm³/mol. The third kappa shape index (κ3) is 4.18. The molecule has 0 saturated carbocycles. The van der Waals surface area contributed by atoms with Crippen LogP contribution in [0.15, 0.2) is 77.7 Å². The van der Waals surface area contributed by atoms with Gasteiger partial charge < -0.3 is 14.2 Å². The fourth-order valence-corrected chi connectivity index (χ4v) is 4.56. The van der Waals surface area contributed by atoms with Gasteiger partial charge in [0.25, 0.3) is 10.0 Å². The molecule has 0 amide bonds. The lowest BCUT2D eigenvalue weighted by Gasteiger charge is -2.25. The van der Waals surface area contributed by atoms with Gasteiger partial charge in [-0.05, 0) is 36.4 Å². The molecule has 1 heterocycles. The Morgan fingerprint density at radius 2 is 1.60 bits per heavy atom. The number of nitrogens with zero attached hydrogens (tertiary/aromatic N) is 1. The number of ether oxygens (including phenoxy) is 3. The van der Waals surface area contributed by atoms with E-state index in [0.717, 1.165) is 0 Å². The van der Waals surface area contributed by atoms with Crippen molar-refractivity contribution in [3.05, 3.63) is 78.6 Å². The number of sulfonamides is 1. The number of hydrogen-bond acceptors (Lipinski definition) is 5. The molecule has 0 bridgehead atoms. The normalized spacial score (nSPS) is 13.0. The van der Waals surface area contributed by atoms with Gasteiger partial charge in [0.1, 0.15) is 19.8 Å². The lowest BCUT2D eigenvalue weighted by Crippen LogP contribution is -2.35. The summed E-state index contributed by atoms with van der Waals surface area (Å²) in [4.78, 5) is 0.0708. The number of hydrogen-bond donors (Lipinski definition) is 0. The quantitative estimate of drug-likeness (QED) is 0.571. The summed E-state index contributed by atoms with van der Waals surface area (Å²) in [6, 6.07) is 19.2. The van der Waals surface area contributed by atoms with Crippen LogP contribution in [0.3, 0.4) is 0 Å². The maximum atomic E-state index is 13.8. The van der Waals surface area contributed by atoms with Crippen LogP contribution in [-0.4, -0.2) is 34.8 Å². The number of fused-ring (bicyclic) bond motifs is 1. The van der Waals surface area contributed by atoms with Crippen molar-refractivity contribution in [1.82, 2.24) is 0 Å². The maximum Gasteiger partial charge on any atom is 0.264 e. The van der Waals surface area contributed by atoms with Gasteiger partial charge in [-0.15, -0.1) is 0 Å². The van der Waals surface area contributed by atoms with Crippen molar-refractivity contribution in [2.24, 2.45) is 0 Å². The highest BCUT2D eigenvalue weighted by Gasteiger charge is 2.27. The van der Waals surface area contributed by atoms with E-state index in [-0.39, 0.29) is 23.8 Å². The summed E-state index contributed by atoms with van der Waals surface area (Å²) in [6.07, 6.45) is 0. The highest BCUT2D eigenvalue weighted by Crippen LogP contribution is 2.34. The Kier molecular flexibility index (Phi) is 5.76. The van der Waals surface area contributed by atoms with Crippen LogP contribution in [0.4, 0.5) is 10.1 Å². The van der Waals surface area contributed by atoms with E-state index < -0.39 is 15.8 Å². The SMILES string of the molecule is O=S(=O)(c1ccc2c(c1)OCCO2)N(CCOc1ccccc1F)c1ccccc1. The minimum Gasteiger partial charge on any atom is -0.489 e. The molecule has 0 aromatic heterocycles. The molecule has 0 atom stereocenters. The highest BCUT2D eigenvalue weighted by atomic mass is 32.2. The Balaban J connectivity index is 1.61. The van der Waals surface area contributed by atoms with E-state index in [1.165, 1.54) is 28.6 Å². The third-order valence-electron chi connectivity index (χ3n) is 4.53. The summed E-state index contributed by atoms with van der Waals surface area (Å²) in [7, 11) is -3.93. The van der Waals surface area contributed by atoms with Crippen LogP contribution >= 0.6 is 0 Å². The molecule has 8 heteroatoms. The largest absolute Gasteiger partial charge is 0.489 e. The summed E-state index contributed by atoms with van der Waals surface area (Å²) >= 11 is 0. The molecule has 0 N–H and O–H groups in total. The lowest BCUT2D eigenvalue weighted by atomic mass is 10.3. The second-order valence-corrected chi connectivity index (χ2v) is 8.36. The number of halogens is 1. The van der Waals surface area contributed by atoms with Gasteiger partial charge in [0.15, 0.2) is 23.1 Å². The van der Waals surface area contributed by atoms with E-state index in [1.54, 1.807) is 48.5 Å². The topological polar surface area (TPSA) is 65.1 Å². The molecule has 156 valence electrons. The maximum absolute atomic E-state index is 13.8. The van der Waals surface area contributed by atoms with Crippen LogP contribution in [0.1, 0.15) is 0 Å². The average molecular weight is 429 g/mol. The standard InChI is InChI=1S/C22H20FNO5S/c23-19-8-4-5-9-20(19)27-13-12-24(17-6-2-1-3-7-17)30(25,26)18-10-11-21-22(16-18)29-15-14-28-21/h1-11,16H,12-15H2. The molecule has 1 aliphatic rings. The fourth-order valence-electron chi connectivity index (χ4n) is 3.09. The molecular formula is C22H20FNO5S. The molecule has 1 aliphatic heterocycles. The van der Waals surface area contributed by atoms with Gasteiger partial charge in [-0.1, -0.05) is 30.3 Å². The van der Waals surface area contributed by atoms with Gasteiger partial charge >= 0.3 is 0 Å². The molecule has 0 radical (unpaired) electrons. The zero-order valence-electron chi connectivity index (χ0n) is 16.0. The fraction of sp³-hybridized carbons (Fsp3) is 0.182. The van der Waals surface area contributed by atoms with Crippen LogP contribution < -0.4 is 18.5 Å². The molecule has 0 fully saturated rings. The van der Waals surface area contributed by atoms with Crippen molar-refractivity contribution in [3.63, 3.8) is 0 Å². The highest BCUT2D eigenvalue weighted by molar-refractivity contribution is 7.92. The molecule has 0 saturated heterocycles. The zero-order valence-corrected chi connectivity index (χ0v) is 16.8. The molecule has 30 heavy (non-hydrogen) atoms. The van der Waals surface area contributed by atoms with E-state index in [2.05, 4.69) is 0 Å². The summed E-state index contributed by atoms with van der Waals surface area (Å²) in [5, 5.41) is 0. The molecule has 0 spiro atoms. The Bertz CT molecular complexity index is 1120. The van der Waals surface area contributed by atoms with E-state index in [9.17, 15) is 12.8 Å². The second kappa shape index (κ2) is 8.62. The Labute approximate surface area is 174 Å². The Morgan fingerprint density at radius 3 is 2.37 bits per heavy atom. The molecule has 0 aliphatic carbocycles. The summed E-state index contributed by atoms with van der Waals surface area (Å²) < 4.78 is 58.4. The first-order valence-electron chi connectivity index (χ1n) is 9.40. The van der Waals surface area contributed by atoms with Crippen LogP contribution in [0.2, 0.25) is 0 Å². The molecule has 0 unspecified atom stereocenters. The van der Waals surface area contributed by atoms with Gasteiger partial charge in [-0.2, -0.15) is 0 Å². The first kappa shape index (κ1) is 20.0. The molecular weight excluding hydrogens is 409 g/mol. The van der Waals surface area contributed by atoms with Crippen LogP contribution in [0.5, 0.6) is 17.2 Å². The molecule has 6 nitrogen and oxygen atoms in total. The second-order valence-electron chi connectivity index (χ2n) is 6.50. The predicted octanol–water partition coefficient (Wildman–Crippen LogP) is 3.87. The van der Waals surface area contributed by atoms with Gasteiger partial charge in [0.05, 0.1) is 17.1 Å². The minimum atomic E-state index is -3.93. The van der Waals surface area contributed by atoms with Crippen molar-refractivity contribution in [3.8, 4) is 17.2 Å². The number of anilines is 1. The average Bonchev–Trinajstić information content (AvgIpc) is 2.78. The van der Waals surface area contributed by atoms with Crippen LogP contribution in [0.25, 0.3) is 0 Å². The number of benzene rings is 3. The Hall–Kier alpha value is -3.26. The summed E-state index contributed by atoms with van der Waals surface area (Å²) in [5.41, 5.74) is 0.476. The number of para-hydroxylation sites is 2. The van der Waals surface area contributed by atoms with Crippen LogP contribution in [-0.2, 0) is 10.0 Å². The van der Waals surface area contributed by atoms with Crippen molar-refractivity contribution < 1.29 is 27.0 Å². The van der Waals surface area contributed by atoms with E-state index in [4.69, 9.17) is 14.2 Å². The lowest BCUT2D eigenvalue weighted by molar-refractivity contribution is 0.171. The zero-order chi connectivity index (χ0) is 21.0. The smallest absolute Gasteiger partial charge is 0.264 e. The first-order valence-corrected chi connectivity index (χ1v) is 10.8. The van der Waals surface area contributed by atoms with Crippen LogP contribution in [0, 0.1) is 5.82 Å². The van der Waals surface area contributed by atoms with E-state index in [1.807, 2.05) is 0 Å². The minimum absolute atomic E-state index is 0.00484. The molecule has 4 rings (SSSR count). The van der Waals surface area contributed by atoms with Crippen molar-refractivity contribution in [2.75, 3.05) is 30.7 Å². The van der Waals surface area contributed by atoms with Gasteiger partial charge in [0.2, 0.25) is 0 Å². The van der Waals surface area contributed by atoms with Gasteiger partial charge in [0, 0.05) is 6.07 Å². The van der Waals surface area contributed by atoms with Gasteiger partial charge in [-0.25, -0.2) is 12.8 Å². The van der Waals surface area contributed by atoms with Crippen molar-refractivity contribution in [1.29, 1.82) is 0 Å². The Morgan fingerprint density at radius 1 is 0.900 bits per heavy atom. The number of rotatable bonds is 7. The third-order valence-corrected chi connectivity index (χ3v) is 6.36. The van der Waals surface area contributed by atoms with Crippen molar-refractivity contribution >= 4 is 15.7 Å². The molecule has 3 aromatic rings. The summed E-state index contributed by atoms with van der Waals surface area (Å²) in [6.45, 7) is 0.743. The van der Waals surface area contributed by atoms with Crippen molar-refractivity contribution in [2.45, 2.75) is 4.90 Å². The van der Waals surface area contributed by atoms with E-state index >= 15 is 0 Å².